The average Bonchev–Trinajstić information content (AvgIpc) is 2.82. The van der Waals surface area contributed by atoms with Gasteiger partial charge >= 0.3 is 0 Å². The summed E-state index contributed by atoms with van der Waals surface area (Å²) in [6.07, 6.45) is 0. The standard InChI is InChI=1S/C12H12ClFN2S/c1-8(15-5-10-6-17-7-16-10)9-2-3-12(14)11(13)4-9/h2-4,6-8,15H,5H2,1H3. The van der Waals surface area contributed by atoms with Gasteiger partial charge in [0, 0.05) is 18.0 Å². The number of benzene rings is 1. The highest BCUT2D eigenvalue weighted by Gasteiger charge is 2.08. The largest absolute Gasteiger partial charge is 0.305 e. The summed E-state index contributed by atoms with van der Waals surface area (Å²) in [7, 11) is 0. The molecule has 5 heteroatoms. The molecule has 0 fully saturated rings. The molecule has 0 aliphatic rings. The van der Waals surface area contributed by atoms with Gasteiger partial charge in [-0.2, -0.15) is 0 Å². The predicted molar refractivity (Wildman–Crippen MR) is 68.8 cm³/mol. The number of hydrogen-bond acceptors (Lipinski definition) is 3. The third kappa shape index (κ3) is 3.25. The lowest BCUT2D eigenvalue weighted by Crippen LogP contribution is -2.18. The van der Waals surface area contributed by atoms with E-state index in [-0.39, 0.29) is 16.9 Å². The van der Waals surface area contributed by atoms with Crippen molar-refractivity contribution in [2.75, 3.05) is 0 Å². The second-order valence-corrected chi connectivity index (χ2v) is 4.88. The first-order chi connectivity index (χ1) is 8.16. The molecular formula is C12H12ClFN2S. The average molecular weight is 271 g/mol. The monoisotopic (exact) mass is 270 g/mol. The number of nitrogens with zero attached hydrogens (tertiary/aromatic N) is 1. The molecule has 1 heterocycles. The Balaban J connectivity index is 1.99. The minimum Gasteiger partial charge on any atom is -0.305 e. The molecule has 1 atom stereocenters. The molecule has 0 radical (unpaired) electrons. The first kappa shape index (κ1) is 12.5. The Bertz CT molecular complexity index is 487. The third-order valence-corrected chi connectivity index (χ3v) is 3.44. The van der Waals surface area contributed by atoms with E-state index in [9.17, 15) is 4.39 Å². The van der Waals surface area contributed by atoms with Crippen molar-refractivity contribution in [1.29, 1.82) is 0 Å². The minimum absolute atomic E-state index is 0.106. The Labute approximate surface area is 108 Å². The number of rotatable bonds is 4. The highest BCUT2D eigenvalue weighted by Crippen LogP contribution is 2.20. The minimum atomic E-state index is -0.387. The van der Waals surface area contributed by atoms with Gasteiger partial charge in [0.2, 0.25) is 0 Å². The van der Waals surface area contributed by atoms with Crippen LogP contribution in [0.5, 0.6) is 0 Å². The number of nitrogens with one attached hydrogen (secondary N) is 1. The van der Waals surface area contributed by atoms with Crippen molar-refractivity contribution in [3.05, 3.63) is 51.2 Å². The Kier molecular flexibility index (Phi) is 4.10. The normalized spacial score (nSPS) is 12.6. The van der Waals surface area contributed by atoms with Crippen molar-refractivity contribution < 1.29 is 4.39 Å². The van der Waals surface area contributed by atoms with Crippen molar-refractivity contribution in [3.63, 3.8) is 0 Å². The van der Waals surface area contributed by atoms with Crippen LogP contribution in [-0.4, -0.2) is 4.98 Å². The molecule has 1 N–H and O–H groups in total. The molecule has 0 saturated heterocycles. The van der Waals surface area contributed by atoms with Crippen LogP contribution in [0.3, 0.4) is 0 Å². The summed E-state index contributed by atoms with van der Waals surface area (Å²) in [5.41, 5.74) is 3.78. The highest BCUT2D eigenvalue weighted by atomic mass is 35.5. The van der Waals surface area contributed by atoms with E-state index in [1.54, 1.807) is 29.0 Å². The number of thiazole rings is 1. The molecule has 2 aromatic rings. The van der Waals surface area contributed by atoms with E-state index in [1.807, 2.05) is 12.3 Å². The maximum atomic E-state index is 13.0. The molecule has 0 bridgehead atoms. The summed E-state index contributed by atoms with van der Waals surface area (Å²) >= 11 is 7.31. The van der Waals surface area contributed by atoms with Crippen molar-refractivity contribution in [1.82, 2.24) is 10.3 Å². The molecule has 17 heavy (non-hydrogen) atoms. The molecule has 90 valence electrons. The van der Waals surface area contributed by atoms with Crippen LogP contribution in [-0.2, 0) is 6.54 Å². The van der Waals surface area contributed by atoms with Gasteiger partial charge in [-0.05, 0) is 24.6 Å². The fourth-order valence-corrected chi connectivity index (χ4v) is 2.23. The topological polar surface area (TPSA) is 24.9 Å². The van der Waals surface area contributed by atoms with Gasteiger partial charge in [0.05, 0.1) is 16.2 Å². The summed E-state index contributed by atoms with van der Waals surface area (Å²) in [6.45, 7) is 2.70. The van der Waals surface area contributed by atoms with Gasteiger partial charge < -0.3 is 5.32 Å². The Morgan fingerprint density at radius 2 is 2.35 bits per heavy atom. The van der Waals surface area contributed by atoms with E-state index in [2.05, 4.69) is 10.3 Å². The fraction of sp³-hybridized carbons (Fsp3) is 0.250. The van der Waals surface area contributed by atoms with Gasteiger partial charge in [-0.1, -0.05) is 17.7 Å². The highest BCUT2D eigenvalue weighted by molar-refractivity contribution is 7.07. The fourth-order valence-electron chi connectivity index (χ4n) is 1.48. The van der Waals surface area contributed by atoms with Gasteiger partial charge in [-0.15, -0.1) is 11.3 Å². The summed E-state index contributed by atoms with van der Waals surface area (Å²) in [4.78, 5) is 4.18. The van der Waals surface area contributed by atoms with Crippen molar-refractivity contribution in [3.8, 4) is 0 Å². The van der Waals surface area contributed by atoms with Gasteiger partial charge in [0.1, 0.15) is 5.82 Å². The Hall–Kier alpha value is -0.970. The molecular weight excluding hydrogens is 259 g/mol. The van der Waals surface area contributed by atoms with Crippen LogP contribution in [0.2, 0.25) is 5.02 Å². The molecule has 2 rings (SSSR count). The second kappa shape index (κ2) is 5.58. The van der Waals surface area contributed by atoms with Gasteiger partial charge in [-0.3, -0.25) is 0 Å². The lowest BCUT2D eigenvalue weighted by atomic mass is 10.1. The van der Waals surface area contributed by atoms with Crippen LogP contribution in [0.4, 0.5) is 4.39 Å². The third-order valence-electron chi connectivity index (χ3n) is 2.52. The van der Waals surface area contributed by atoms with Gasteiger partial charge in [0.25, 0.3) is 0 Å². The summed E-state index contributed by atoms with van der Waals surface area (Å²) in [6, 6.07) is 4.88. The first-order valence-electron chi connectivity index (χ1n) is 5.22. The molecule has 1 aromatic heterocycles. The van der Waals surface area contributed by atoms with Crippen LogP contribution < -0.4 is 5.32 Å². The molecule has 1 unspecified atom stereocenters. The Morgan fingerprint density at radius 1 is 1.53 bits per heavy atom. The zero-order valence-corrected chi connectivity index (χ0v) is 10.9. The Morgan fingerprint density at radius 3 is 3.00 bits per heavy atom. The van der Waals surface area contributed by atoms with Crippen LogP contribution in [0, 0.1) is 5.82 Å². The zero-order valence-electron chi connectivity index (χ0n) is 9.28. The zero-order chi connectivity index (χ0) is 12.3. The molecule has 0 aliphatic heterocycles. The first-order valence-corrected chi connectivity index (χ1v) is 6.54. The van der Waals surface area contributed by atoms with Crippen molar-refractivity contribution in [2.24, 2.45) is 0 Å². The van der Waals surface area contributed by atoms with E-state index >= 15 is 0 Å². The van der Waals surface area contributed by atoms with Crippen LogP contribution in [0.25, 0.3) is 0 Å². The van der Waals surface area contributed by atoms with Crippen LogP contribution in [0.1, 0.15) is 24.2 Å². The smallest absolute Gasteiger partial charge is 0.141 e. The van der Waals surface area contributed by atoms with Crippen LogP contribution >= 0.6 is 22.9 Å². The molecule has 0 aliphatic carbocycles. The van der Waals surface area contributed by atoms with E-state index in [4.69, 9.17) is 11.6 Å². The molecule has 0 amide bonds. The SMILES string of the molecule is CC(NCc1cscn1)c1ccc(F)c(Cl)c1. The molecule has 1 aromatic carbocycles. The summed E-state index contributed by atoms with van der Waals surface area (Å²) in [5.74, 6) is -0.387. The van der Waals surface area contributed by atoms with Crippen molar-refractivity contribution in [2.45, 2.75) is 19.5 Å². The number of halogens is 2. The lowest BCUT2D eigenvalue weighted by molar-refractivity contribution is 0.566. The van der Waals surface area contributed by atoms with Crippen molar-refractivity contribution >= 4 is 22.9 Å². The van der Waals surface area contributed by atoms with E-state index < -0.39 is 0 Å². The predicted octanol–water partition coefficient (Wildman–Crippen LogP) is 3.79. The summed E-state index contributed by atoms with van der Waals surface area (Å²) < 4.78 is 13.0. The van der Waals surface area contributed by atoms with E-state index in [0.717, 1.165) is 11.3 Å². The summed E-state index contributed by atoms with van der Waals surface area (Å²) in [5, 5.41) is 5.47. The number of aromatic nitrogens is 1. The maximum Gasteiger partial charge on any atom is 0.141 e. The molecule has 0 saturated carbocycles. The van der Waals surface area contributed by atoms with E-state index in [0.29, 0.717) is 6.54 Å². The van der Waals surface area contributed by atoms with Gasteiger partial charge in [0.15, 0.2) is 0 Å². The van der Waals surface area contributed by atoms with Crippen LogP contribution in [0.15, 0.2) is 29.1 Å². The number of hydrogen-bond donors (Lipinski definition) is 1. The van der Waals surface area contributed by atoms with E-state index in [1.165, 1.54) is 6.07 Å². The lowest BCUT2D eigenvalue weighted by Gasteiger charge is -2.13. The van der Waals surface area contributed by atoms with Gasteiger partial charge in [-0.25, -0.2) is 9.37 Å². The molecule has 0 spiro atoms. The molecule has 2 nitrogen and oxygen atoms in total. The second-order valence-electron chi connectivity index (χ2n) is 3.76. The maximum absolute atomic E-state index is 13.0. The quantitative estimate of drug-likeness (QED) is 0.914.